The van der Waals surface area contributed by atoms with E-state index in [0.29, 0.717) is 11.4 Å². The highest BCUT2D eigenvalue weighted by atomic mass is 32.2. The van der Waals surface area contributed by atoms with Gasteiger partial charge in [0.05, 0.1) is 9.82 Å². The molecule has 0 aliphatic rings. The molecule has 3 aromatic carbocycles. The fourth-order valence-corrected chi connectivity index (χ4v) is 3.55. The highest BCUT2D eigenvalue weighted by Gasteiger charge is 2.14. The monoisotopic (exact) mass is 411 g/mol. The van der Waals surface area contributed by atoms with Crippen molar-refractivity contribution in [3.05, 3.63) is 94.0 Å². The van der Waals surface area contributed by atoms with Crippen LogP contribution in [0.1, 0.15) is 15.9 Å². The molecule has 0 spiro atoms. The Hall–Kier alpha value is -3.72. The molecule has 1 amide bonds. The van der Waals surface area contributed by atoms with Crippen molar-refractivity contribution in [1.82, 2.24) is 0 Å². The predicted octanol–water partition coefficient (Wildman–Crippen LogP) is 3.96. The van der Waals surface area contributed by atoms with Crippen molar-refractivity contribution >= 4 is 33.0 Å². The number of aryl methyl sites for hydroxylation is 1. The zero-order valence-electron chi connectivity index (χ0n) is 15.3. The standard InChI is InChI=1S/C20H17N3O5S/c1-14-2-12-19(13-3-14)29(27,28)22-17-8-6-16(7-9-17)21-20(24)15-4-10-18(11-5-15)23(25)26/h2-13,22H,1H3,(H,21,24). The van der Waals surface area contributed by atoms with Crippen molar-refractivity contribution in [3.63, 3.8) is 0 Å². The van der Waals surface area contributed by atoms with Crippen LogP contribution >= 0.6 is 0 Å². The summed E-state index contributed by atoms with van der Waals surface area (Å²) in [5.74, 6) is -0.437. The van der Waals surface area contributed by atoms with E-state index >= 15 is 0 Å². The van der Waals surface area contributed by atoms with Gasteiger partial charge in [0, 0.05) is 29.1 Å². The lowest BCUT2D eigenvalue weighted by molar-refractivity contribution is -0.384. The Balaban J connectivity index is 1.67. The molecule has 0 heterocycles. The first kappa shape index (κ1) is 20.0. The number of non-ortho nitro benzene ring substituents is 1. The van der Waals surface area contributed by atoms with Crippen molar-refractivity contribution in [2.45, 2.75) is 11.8 Å². The van der Waals surface area contributed by atoms with Crippen molar-refractivity contribution in [3.8, 4) is 0 Å². The predicted molar refractivity (Wildman–Crippen MR) is 109 cm³/mol. The summed E-state index contributed by atoms with van der Waals surface area (Å²) in [7, 11) is -3.71. The van der Waals surface area contributed by atoms with Gasteiger partial charge in [-0.25, -0.2) is 8.42 Å². The highest BCUT2D eigenvalue weighted by molar-refractivity contribution is 7.92. The van der Waals surface area contributed by atoms with Crippen LogP contribution in [-0.2, 0) is 10.0 Å². The maximum Gasteiger partial charge on any atom is 0.269 e. The van der Waals surface area contributed by atoms with E-state index in [0.717, 1.165) is 5.56 Å². The smallest absolute Gasteiger partial charge is 0.269 e. The van der Waals surface area contributed by atoms with Crippen molar-refractivity contribution in [1.29, 1.82) is 0 Å². The molecule has 0 aliphatic carbocycles. The summed E-state index contributed by atoms with van der Waals surface area (Å²) in [6, 6.07) is 17.8. The molecule has 29 heavy (non-hydrogen) atoms. The van der Waals surface area contributed by atoms with Crippen LogP contribution in [0.5, 0.6) is 0 Å². The second kappa shape index (κ2) is 8.11. The molecule has 0 unspecified atom stereocenters. The van der Waals surface area contributed by atoms with Crippen molar-refractivity contribution < 1.29 is 18.1 Å². The van der Waals surface area contributed by atoms with Gasteiger partial charge in [-0.15, -0.1) is 0 Å². The quantitative estimate of drug-likeness (QED) is 0.470. The Morgan fingerprint density at radius 1 is 0.862 bits per heavy atom. The van der Waals surface area contributed by atoms with Crippen LogP contribution in [0.4, 0.5) is 17.1 Å². The Kier molecular flexibility index (Phi) is 5.60. The van der Waals surface area contributed by atoms with Gasteiger partial charge in [-0.1, -0.05) is 17.7 Å². The van der Waals surface area contributed by atoms with Gasteiger partial charge in [-0.3, -0.25) is 19.6 Å². The average Bonchev–Trinajstić information content (AvgIpc) is 2.69. The molecular formula is C20H17N3O5S. The van der Waals surface area contributed by atoms with E-state index < -0.39 is 20.9 Å². The number of hydrogen-bond donors (Lipinski definition) is 2. The summed E-state index contributed by atoms with van der Waals surface area (Å²) >= 11 is 0. The van der Waals surface area contributed by atoms with E-state index in [9.17, 15) is 23.3 Å². The Labute approximate surface area is 167 Å². The third-order valence-electron chi connectivity index (χ3n) is 4.07. The number of nitrogens with one attached hydrogen (secondary N) is 2. The molecule has 0 bridgehead atoms. The molecule has 0 fully saturated rings. The van der Waals surface area contributed by atoms with Gasteiger partial charge in [0.25, 0.3) is 21.6 Å². The van der Waals surface area contributed by atoms with Crippen LogP contribution in [0.3, 0.4) is 0 Å². The van der Waals surface area contributed by atoms with Crippen LogP contribution < -0.4 is 10.0 Å². The Morgan fingerprint density at radius 3 is 1.97 bits per heavy atom. The van der Waals surface area contributed by atoms with Gasteiger partial charge >= 0.3 is 0 Å². The number of nitro benzene ring substituents is 1. The number of anilines is 2. The summed E-state index contributed by atoms with van der Waals surface area (Å²) in [5, 5.41) is 13.3. The number of hydrogen-bond acceptors (Lipinski definition) is 5. The molecule has 0 saturated carbocycles. The lowest BCUT2D eigenvalue weighted by atomic mass is 10.2. The first-order valence-electron chi connectivity index (χ1n) is 8.50. The molecule has 0 aromatic heterocycles. The molecule has 0 atom stereocenters. The lowest BCUT2D eigenvalue weighted by Crippen LogP contribution is -2.14. The minimum atomic E-state index is -3.71. The van der Waals surface area contributed by atoms with Crippen LogP contribution in [0.25, 0.3) is 0 Å². The minimum Gasteiger partial charge on any atom is -0.322 e. The number of nitrogens with zero attached hydrogens (tertiary/aromatic N) is 1. The molecule has 9 heteroatoms. The summed E-state index contributed by atoms with van der Waals surface area (Å²) in [4.78, 5) is 22.5. The zero-order valence-corrected chi connectivity index (χ0v) is 16.1. The molecular weight excluding hydrogens is 394 g/mol. The number of carbonyl (C=O) groups excluding carboxylic acids is 1. The molecule has 2 N–H and O–H groups in total. The second-order valence-corrected chi connectivity index (χ2v) is 7.94. The molecule has 148 valence electrons. The number of sulfonamides is 1. The largest absolute Gasteiger partial charge is 0.322 e. The van der Waals surface area contributed by atoms with Gasteiger partial charge in [-0.2, -0.15) is 0 Å². The third-order valence-corrected chi connectivity index (χ3v) is 5.46. The van der Waals surface area contributed by atoms with Gasteiger partial charge < -0.3 is 5.32 Å². The summed E-state index contributed by atoms with van der Waals surface area (Å²) in [6.07, 6.45) is 0. The summed E-state index contributed by atoms with van der Waals surface area (Å²) in [6.45, 7) is 1.87. The van der Waals surface area contributed by atoms with Crippen molar-refractivity contribution in [2.24, 2.45) is 0 Å². The molecule has 0 aliphatic heterocycles. The van der Waals surface area contributed by atoms with Crippen molar-refractivity contribution in [2.75, 3.05) is 10.0 Å². The summed E-state index contributed by atoms with van der Waals surface area (Å²) in [5.41, 5.74) is 1.91. The third kappa shape index (κ3) is 4.96. The molecule has 0 saturated heterocycles. The van der Waals surface area contributed by atoms with E-state index in [4.69, 9.17) is 0 Å². The van der Waals surface area contributed by atoms with Crippen LogP contribution in [-0.4, -0.2) is 19.2 Å². The first-order valence-corrected chi connectivity index (χ1v) is 9.98. The zero-order chi connectivity index (χ0) is 21.0. The van der Waals surface area contributed by atoms with E-state index in [1.54, 1.807) is 24.3 Å². The number of benzene rings is 3. The maximum atomic E-state index is 12.4. The number of rotatable bonds is 6. The second-order valence-electron chi connectivity index (χ2n) is 6.25. The Bertz CT molecular complexity index is 1140. The Morgan fingerprint density at radius 2 is 1.41 bits per heavy atom. The average molecular weight is 411 g/mol. The lowest BCUT2D eigenvalue weighted by Gasteiger charge is -2.10. The van der Waals surface area contributed by atoms with Gasteiger partial charge in [0.15, 0.2) is 0 Å². The minimum absolute atomic E-state index is 0.105. The maximum absolute atomic E-state index is 12.4. The first-order chi connectivity index (χ1) is 13.7. The highest BCUT2D eigenvalue weighted by Crippen LogP contribution is 2.20. The molecule has 3 aromatic rings. The van der Waals surface area contributed by atoms with E-state index in [-0.39, 0.29) is 16.1 Å². The van der Waals surface area contributed by atoms with E-state index in [2.05, 4.69) is 10.0 Å². The van der Waals surface area contributed by atoms with Gasteiger partial charge in [-0.05, 0) is 55.5 Å². The normalized spacial score (nSPS) is 10.9. The SMILES string of the molecule is Cc1ccc(S(=O)(=O)Nc2ccc(NC(=O)c3ccc([N+](=O)[O-])cc3)cc2)cc1. The van der Waals surface area contributed by atoms with E-state index in [1.165, 1.54) is 48.5 Å². The van der Waals surface area contributed by atoms with Gasteiger partial charge in [0.2, 0.25) is 0 Å². The summed E-state index contributed by atoms with van der Waals surface area (Å²) < 4.78 is 27.3. The van der Waals surface area contributed by atoms with Crippen LogP contribution in [0, 0.1) is 17.0 Å². The fraction of sp³-hybridized carbons (Fsp3) is 0.0500. The number of carbonyl (C=O) groups is 1. The molecule has 8 nitrogen and oxygen atoms in total. The van der Waals surface area contributed by atoms with E-state index in [1.807, 2.05) is 6.92 Å². The molecule has 0 radical (unpaired) electrons. The van der Waals surface area contributed by atoms with Crippen LogP contribution in [0.2, 0.25) is 0 Å². The van der Waals surface area contributed by atoms with Crippen LogP contribution in [0.15, 0.2) is 77.7 Å². The fourth-order valence-electron chi connectivity index (χ4n) is 2.49. The number of amides is 1. The topological polar surface area (TPSA) is 118 Å². The number of nitro groups is 1. The van der Waals surface area contributed by atoms with Gasteiger partial charge in [0.1, 0.15) is 0 Å². The molecule has 3 rings (SSSR count).